The van der Waals surface area contributed by atoms with Crippen LogP contribution in [0.4, 0.5) is 5.95 Å². The van der Waals surface area contributed by atoms with Crippen LogP contribution >= 0.6 is 11.6 Å². The lowest BCUT2D eigenvalue weighted by Gasteiger charge is -2.15. The van der Waals surface area contributed by atoms with Crippen molar-refractivity contribution in [1.82, 2.24) is 19.4 Å². The van der Waals surface area contributed by atoms with E-state index in [0.29, 0.717) is 5.95 Å². The Balaban J connectivity index is 1.65. The van der Waals surface area contributed by atoms with Crippen LogP contribution in [0.15, 0.2) is 54.9 Å². The summed E-state index contributed by atoms with van der Waals surface area (Å²) < 4.78 is 2.42. The highest BCUT2D eigenvalue weighted by Gasteiger charge is 2.22. The number of benzene rings is 2. The number of halogens is 1. The van der Waals surface area contributed by atoms with E-state index in [1.165, 1.54) is 22.2 Å². The minimum absolute atomic E-state index is 0.711. The zero-order chi connectivity index (χ0) is 21.5. The third kappa shape index (κ3) is 3.68. The summed E-state index contributed by atoms with van der Waals surface area (Å²) in [5, 5.41) is 2.05. The van der Waals surface area contributed by atoms with Gasteiger partial charge in [0.25, 0.3) is 0 Å². The molecule has 0 spiro atoms. The molecule has 3 heterocycles. The van der Waals surface area contributed by atoms with Crippen molar-refractivity contribution in [2.45, 2.75) is 12.8 Å². The predicted octanol–water partition coefficient (Wildman–Crippen LogP) is 4.84. The lowest BCUT2D eigenvalue weighted by molar-refractivity contribution is 0.351. The van der Waals surface area contributed by atoms with Crippen molar-refractivity contribution < 1.29 is 0 Å². The van der Waals surface area contributed by atoms with Crippen molar-refractivity contribution in [3.63, 3.8) is 0 Å². The summed E-state index contributed by atoms with van der Waals surface area (Å²) in [6.45, 7) is 2.12. The Morgan fingerprint density at radius 2 is 1.71 bits per heavy atom. The molecule has 0 bridgehead atoms. The van der Waals surface area contributed by atoms with Crippen LogP contribution in [0.2, 0.25) is 5.02 Å². The van der Waals surface area contributed by atoms with Crippen LogP contribution < -0.4 is 4.90 Å². The fourth-order valence-corrected chi connectivity index (χ4v) is 4.63. The van der Waals surface area contributed by atoms with E-state index in [2.05, 4.69) is 62.9 Å². The van der Waals surface area contributed by atoms with Gasteiger partial charge in [0, 0.05) is 73.4 Å². The van der Waals surface area contributed by atoms with Crippen molar-refractivity contribution in [1.29, 1.82) is 0 Å². The van der Waals surface area contributed by atoms with Gasteiger partial charge in [0.2, 0.25) is 5.95 Å². The Morgan fingerprint density at radius 3 is 2.48 bits per heavy atom. The van der Waals surface area contributed by atoms with Gasteiger partial charge >= 0.3 is 0 Å². The first-order valence-corrected chi connectivity index (χ1v) is 11.0. The largest absolute Gasteiger partial charge is 0.347 e. The molecule has 0 atom stereocenters. The Hall–Kier alpha value is -2.89. The maximum atomic E-state index is 6.39. The van der Waals surface area contributed by atoms with Crippen LogP contribution in [0, 0.1) is 0 Å². The molecule has 4 aromatic rings. The standard InChI is InChI=1S/C25H26ClN5/c1-29(2)25-27-15-18(16-28-25)17-5-4-6-20(13-17)31-23-8-7-19(26)14-22(23)21-9-11-30(3)12-10-24(21)31/h4-8,13-16H,9-12H2,1-3H3. The second kappa shape index (κ2) is 7.98. The summed E-state index contributed by atoms with van der Waals surface area (Å²) in [7, 11) is 6.09. The molecule has 1 aliphatic rings. The van der Waals surface area contributed by atoms with Gasteiger partial charge in [0.1, 0.15) is 0 Å². The van der Waals surface area contributed by atoms with E-state index in [9.17, 15) is 0 Å². The number of rotatable bonds is 3. The summed E-state index contributed by atoms with van der Waals surface area (Å²) >= 11 is 6.39. The summed E-state index contributed by atoms with van der Waals surface area (Å²) in [5.74, 6) is 0.711. The van der Waals surface area contributed by atoms with Gasteiger partial charge in [-0.3, -0.25) is 0 Å². The smallest absolute Gasteiger partial charge is 0.224 e. The molecule has 0 fully saturated rings. The molecule has 5 nitrogen and oxygen atoms in total. The molecule has 31 heavy (non-hydrogen) atoms. The van der Waals surface area contributed by atoms with Gasteiger partial charge in [0.15, 0.2) is 0 Å². The number of nitrogens with zero attached hydrogens (tertiary/aromatic N) is 5. The van der Waals surface area contributed by atoms with Gasteiger partial charge in [-0.25, -0.2) is 9.97 Å². The molecule has 0 saturated carbocycles. The maximum Gasteiger partial charge on any atom is 0.224 e. The molecule has 0 radical (unpaired) electrons. The summed E-state index contributed by atoms with van der Waals surface area (Å²) in [5.41, 5.74) is 7.31. The first kappa shape index (κ1) is 20.0. The second-order valence-electron chi connectivity index (χ2n) is 8.44. The minimum Gasteiger partial charge on any atom is -0.347 e. The molecule has 0 N–H and O–H groups in total. The highest BCUT2D eigenvalue weighted by atomic mass is 35.5. The highest BCUT2D eigenvalue weighted by molar-refractivity contribution is 6.31. The molecule has 1 aliphatic heterocycles. The SMILES string of the molecule is CN1CCc2c(n(-c3cccc(-c4cnc(N(C)C)nc4)c3)c3ccc(Cl)cc23)CC1. The average Bonchev–Trinajstić information content (AvgIpc) is 2.95. The number of hydrogen-bond acceptors (Lipinski definition) is 4. The number of aromatic nitrogens is 3. The van der Waals surface area contributed by atoms with E-state index >= 15 is 0 Å². The van der Waals surface area contributed by atoms with Crippen molar-refractivity contribution in [3.8, 4) is 16.8 Å². The molecule has 0 unspecified atom stereocenters. The average molecular weight is 432 g/mol. The zero-order valence-electron chi connectivity index (χ0n) is 18.1. The molecular formula is C25H26ClN5. The quantitative estimate of drug-likeness (QED) is 0.465. The van der Waals surface area contributed by atoms with Crippen molar-refractivity contribution in [2.24, 2.45) is 0 Å². The van der Waals surface area contributed by atoms with E-state index in [-0.39, 0.29) is 0 Å². The van der Waals surface area contributed by atoms with E-state index in [4.69, 9.17) is 11.6 Å². The van der Waals surface area contributed by atoms with E-state index in [1.54, 1.807) is 0 Å². The molecule has 2 aromatic carbocycles. The highest BCUT2D eigenvalue weighted by Crippen LogP contribution is 2.34. The number of fused-ring (bicyclic) bond motifs is 3. The first-order valence-electron chi connectivity index (χ1n) is 10.6. The Kier molecular flexibility index (Phi) is 5.16. The monoisotopic (exact) mass is 431 g/mol. The van der Waals surface area contributed by atoms with Crippen LogP contribution in [0.1, 0.15) is 11.3 Å². The van der Waals surface area contributed by atoms with Gasteiger partial charge in [0.05, 0.1) is 5.52 Å². The van der Waals surface area contributed by atoms with Gasteiger partial charge in [-0.1, -0.05) is 23.7 Å². The van der Waals surface area contributed by atoms with Gasteiger partial charge in [-0.05, 0) is 54.9 Å². The van der Waals surface area contributed by atoms with E-state index < -0.39 is 0 Å². The molecule has 2 aromatic heterocycles. The summed E-state index contributed by atoms with van der Waals surface area (Å²) in [6.07, 6.45) is 5.84. The first-order chi connectivity index (χ1) is 15.0. The van der Waals surface area contributed by atoms with Gasteiger partial charge in [-0.2, -0.15) is 0 Å². The van der Waals surface area contributed by atoms with Crippen LogP contribution in [0.3, 0.4) is 0 Å². The van der Waals surface area contributed by atoms with E-state index in [1.807, 2.05) is 37.5 Å². The summed E-state index contributed by atoms with van der Waals surface area (Å²) in [6, 6.07) is 14.9. The number of likely N-dealkylation sites (N-methyl/N-ethyl adjacent to an activating group) is 1. The molecule has 0 amide bonds. The topological polar surface area (TPSA) is 37.2 Å². The maximum absolute atomic E-state index is 6.39. The van der Waals surface area contributed by atoms with Gasteiger partial charge in [-0.15, -0.1) is 0 Å². The minimum atomic E-state index is 0.711. The van der Waals surface area contributed by atoms with Crippen LogP contribution in [-0.2, 0) is 12.8 Å². The van der Waals surface area contributed by atoms with Gasteiger partial charge < -0.3 is 14.4 Å². The lowest BCUT2D eigenvalue weighted by Crippen LogP contribution is -2.21. The lowest BCUT2D eigenvalue weighted by atomic mass is 10.1. The Labute approximate surface area is 187 Å². The third-order valence-corrected chi connectivity index (χ3v) is 6.33. The molecule has 158 valence electrons. The van der Waals surface area contributed by atoms with Crippen molar-refractivity contribution in [3.05, 3.63) is 71.1 Å². The molecule has 0 saturated heterocycles. The number of hydrogen-bond donors (Lipinski definition) is 0. The Morgan fingerprint density at radius 1 is 0.935 bits per heavy atom. The molecule has 6 heteroatoms. The van der Waals surface area contributed by atoms with Crippen molar-refractivity contribution in [2.75, 3.05) is 39.1 Å². The van der Waals surface area contributed by atoms with Crippen molar-refractivity contribution >= 4 is 28.5 Å². The molecular weight excluding hydrogens is 406 g/mol. The molecule has 5 rings (SSSR count). The second-order valence-corrected chi connectivity index (χ2v) is 8.88. The van der Waals surface area contributed by atoms with Crippen LogP contribution in [0.5, 0.6) is 0 Å². The Bertz CT molecular complexity index is 1240. The normalized spacial score (nSPS) is 14.5. The fraction of sp³-hybridized carbons (Fsp3) is 0.280. The third-order valence-electron chi connectivity index (χ3n) is 6.09. The summed E-state index contributed by atoms with van der Waals surface area (Å²) in [4.78, 5) is 13.3. The van der Waals surface area contributed by atoms with E-state index in [0.717, 1.165) is 47.8 Å². The fourth-order valence-electron chi connectivity index (χ4n) is 4.45. The van der Waals surface area contributed by atoms with Crippen LogP contribution in [0.25, 0.3) is 27.7 Å². The molecule has 0 aliphatic carbocycles. The van der Waals surface area contributed by atoms with Crippen LogP contribution in [-0.4, -0.2) is 53.7 Å². The number of anilines is 1. The zero-order valence-corrected chi connectivity index (χ0v) is 18.9. The predicted molar refractivity (Wildman–Crippen MR) is 129 cm³/mol.